The molecule has 0 spiro atoms. The minimum atomic E-state index is -4.14. The number of sulfone groups is 1. The van der Waals surface area contributed by atoms with E-state index in [0.29, 0.717) is 5.02 Å². The van der Waals surface area contributed by atoms with Gasteiger partial charge in [-0.3, -0.25) is 0 Å². The van der Waals surface area contributed by atoms with E-state index >= 15 is 0 Å². The van der Waals surface area contributed by atoms with Crippen LogP contribution >= 0.6 is 11.6 Å². The Hall–Kier alpha value is -1.46. The Balaban J connectivity index is 2.61. The van der Waals surface area contributed by atoms with Crippen LogP contribution in [0.2, 0.25) is 5.02 Å². The largest absolute Gasteiger partial charge is 0.218 e. The summed E-state index contributed by atoms with van der Waals surface area (Å²) in [5.41, 5.74) is 0. The Morgan fingerprint density at radius 3 is 2.22 bits per heavy atom. The molecule has 2 aromatic rings. The zero-order valence-electron chi connectivity index (χ0n) is 8.82. The average Bonchev–Trinajstić information content (AvgIpc) is 2.32. The van der Waals surface area contributed by atoms with Crippen LogP contribution in [0.15, 0.2) is 46.2 Å². The average molecular weight is 288 g/mol. The van der Waals surface area contributed by atoms with Gasteiger partial charge in [-0.05, 0) is 36.4 Å². The fourth-order valence-electron chi connectivity index (χ4n) is 1.36. The SMILES string of the molecule is O=S(=O)(c1ccc(Cl)cc1)c1[c]c(F)ccc1F. The van der Waals surface area contributed by atoms with Crippen LogP contribution in [-0.4, -0.2) is 8.42 Å². The summed E-state index contributed by atoms with van der Waals surface area (Å²) in [6, 6.07) is 8.55. The van der Waals surface area contributed by atoms with E-state index in [1.54, 1.807) is 0 Å². The van der Waals surface area contributed by atoms with Crippen molar-refractivity contribution >= 4 is 21.4 Å². The van der Waals surface area contributed by atoms with Crippen molar-refractivity contribution in [1.82, 2.24) is 0 Å². The second kappa shape index (κ2) is 4.66. The minimum absolute atomic E-state index is 0.173. The fourth-order valence-corrected chi connectivity index (χ4v) is 2.77. The van der Waals surface area contributed by atoms with Crippen LogP contribution in [0.3, 0.4) is 0 Å². The first-order valence-corrected chi connectivity index (χ1v) is 6.65. The molecule has 0 fully saturated rings. The van der Waals surface area contributed by atoms with Crippen LogP contribution in [0.5, 0.6) is 0 Å². The van der Waals surface area contributed by atoms with Crippen LogP contribution < -0.4 is 0 Å². The van der Waals surface area contributed by atoms with E-state index < -0.39 is 26.4 Å². The topological polar surface area (TPSA) is 34.1 Å². The third-order valence-electron chi connectivity index (χ3n) is 2.22. The lowest BCUT2D eigenvalue weighted by atomic mass is 10.3. The van der Waals surface area contributed by atoms with Crippen LogP contribution in [-0.2, 0) is 9.84 Å². The van der Waals surface area contributed by atoms with Crippen LogP contribution in [0.4, 0.5) is 8.78 Å². The van der Waals surface area contributed by atoms with Gasteiger partial charge in [-0.1, -0.05) is 11.6 Å². The van der Waals surface area contributed by atoms with Crippen molar-refractivity contribution < 1.29 is 17.2 Å². The van der Waals surface area contributed by atoms with Gasteiger partial charge < -0.3 is 0 Å². The molecule has 0 heterocycles. The lowest BCUT2D eigenvalue weighted by Crippen LogP contribution is -2.05. The van der Waals surface area contributed by atoms with Gasteiger partial charge in [0.05, 0.1) is 4.90 Å². The number of rotatable bonds is 2. The second-order valence-corrected chi connectivity index (χ2v) is 5.76. The first-order valence-electron chi connectivity index (χ1n) is 4.79. The minimum Gasteiger partial charge on any atom is -0.218 e. The quantitative estimate of drug-likeness (QED) is 0.850. The van der Waals surface area contributed by atoms with Crippen molar-refractivity contribution in [3.05, 3.63) is 59.1 Å². The molecule has 0 saturated carbocycles. The summed E-state index contributed by atoms with van der Waals surface area (Å²) in [6.45, 7) is 0. The lowest BCUT2D eigenvalue weighted by molar-refractivity contribution is 0.551. The Labute approximate surface area is 108 Å². The van der Waals surface area contributed by atoms with Gasteiger partial charge >= 0.3 is 0 Å². The first-order chi connectivity index (χ1) is 8.41. The zero-order valence-corrected chi connectivity index (χ0v) is 10.4. The van der Waals surface area contributed by atoms with E-state index in [-0.39, 0.29) is 4.90 Å². The molecule has 0 aliphatic carbocycles. The molecule has 2 aromatic carbocycles. The summed E-state index contributed by atoms with van der Waals surface area (Å²) in [5, 5.41) is 0.345. The third kappa shape index (κ3) is 2.37. The monoisotopic (exact) mass is 287 g/mol. The molecule has 0 unspecified atom stereocenters. The van der Waals surface area contributed by atoms with Gasteiger partial charge in [0, 0.05) is 11.1 Å². The highest BCUT2D eigenvalue weighted by Crippen LogP contribution is 2.24. The number of halogens is 3. The van der Waals surface area contributed by atoms with Gasteiger partial charge in [-0.15, -0.1) is 0 Å². The molecule has 0 aliphatic heterocycles. The van der Waals surface area contributed by atoms with E-state index in [2.05, 4.69) is 0 Å². The summed E-state index contributed by atoms with van der Waals surface area (Å²) < 4.78 is 50.5. The summed E-state index contributed by atoms with van der Waals surface area (Å²) in [7, 11) is -4.14. The van der Waals surface area contributed by atoms with Crippen LogP contribution in [0.25, 0.3) is 0 Å². The Morgan fingerprint density at radius 2 is 1.61 bits per heavy atom. The van der Waals surface area contributed by atoms with Crippen molar-refractivity contribution in [1.29, 1.82) is 0 Å². The summed E-state index contributed by atoms with van der Waals surface area (Å²) >= 11 is 5.63. The van der Waals surface area contributed by atoms with Crippen molar-refractivity contribution in [2.75, 3.05) is 0 Å². The van der Waals surface area contributed by atoms with Crippen LogP contribution in [0, 0.1) is 17.7 Å². The van der Waals surface area contributed by atoms with Crippen molar-refractivity contribution in [3.63, 3.8) is 0 Å². The molecule has 0 amide bonds. The number of hydrogen-bond acceptors (Lipinski definition) is 2. The highest BCUT2D eigenvalue weighted by atomic mass is 35.5. The molecule has 6 heteroatoms. The number of benzene rings is 2. The van der Waals surface area contributed by atoms with Gasteiger partial charge in [-0.25, -0.2) is 17.2 Å². The standard InChI is InChI=1S/C12H6ClF2O2S/c13-8-1-4-10(5-2-8)18(16,17)12-7-9(14)3-6-11(12)15/h1-6H. The highest BCUT2D eigenvalue weighted by Gasteiger charge is 2.22. The molecule has 0 aromatic heterocycles. The van der Waals surface area contributed by atoms with Gasteiger partial charge in [0.15, 0.2) is 0 Å². The second-order valence-electron chi connectivity index (χ2n) is 3.44. The van der Waals surface area contributed by atoms with Gasteiger partial charge in [-0.2, -0.15) is 0 Å². The van der Waals surface area contributed by atoms with Crippen LogP contribution in [0.1, 0.15) is 0 Å². The molecule has 0 saturated heterocycles. The molecule has 0 aliphatic rings. The summed E-state index contributed by atoms with van der Waals surface area (Å²) in [6.07, 6.45) is 0. The molecule has 2 nitrogen and oxygen atoms in total. The molecular weight excluding hydrogens is 282 g/mol. The fraction of sp³-hybridized carbons (Fsp3) is 0. The van der Waals surface area contributed by atoms with E-state index in [4.69, 9.17) is 11.6 Å². The Bertz CT molecular complexity index is 682. The summed E-state index contributed by atoms with van der Waals surface area (Å²) in [4.78, 5) is -0.988. The third-order valence-corrected chi connectivity index (χ3v) is 4.20. The van der Waals surface area contributed by atoms with Crippen molar-refractivity contribution in [2.24, 2.45) is 0 Å². The van der Waals surface area contributed by atoms with E-state index in [1.807, 2.05) is 6.07 Å². The molecule has 2 rings (SSSR count). The maximum atomic E-state index is 13.4. The predicted octanol–water partition coefficient (Wildman–Crippen LogP) is 3.25. The molecule has 0 bridgehead atoms. The zero-order chi connectivity index (χ0) is 13.3. The van der Waals surface area contributed by atoms with Gasteiger partial charge in [0.25, 0.3) is 0 Å². The normalized spacial score (nSPS) is 11.5. The molecule has 0 N–H and O–H groups in total. The Kier molecular flexibility index (Phi) is 3.36. The van der Waals surface area contributed by atoms with E-state index in [0.717, 1.165) is 12.1 Å². The smallest absolute Gasteiger partial charge is 0.210 e. The highest BCUT2D eigenvalue weighted by molar-refractivity contribution is 7.91. The molecule has 0 atom stereocenters. The van der Waals surface area contributed by atoms with E-state index in [9.17, 15) is 17.2 Å². The first kappa shape index (κ1) is 13.0. The van der Waals surface area contributed by atoms with E-state index in [1.165, 1.54) is 24.3 Å². The van der Waals surface area contributed by atoms with Gasteiger partial charge in [0.1, 0.15) is 16.5 Å². The maximum Gasteiger partial charge on any atom is 0.210 e. The van der Waals surface area contributed by atoms with Crippen molar-refractivity contribution in [2.45, 2.75) is 9.79 Å². The Morgan fingerprint density at radius 1 is 1.00 bits per heavy atom. The molecule has 18 heavy (non-hydrogen) atoms. The molecule has 1 radical (unpaired) electrons. The van der Waals surface area contributed by atoms with Gasteiger partial charge in [0.2, 0.25) is 9.84 Å². The van der Waals surface area contributed by atoms with Crippen molar-refractivity contribution in [3.8, 4) is 0 Å². The maximum absolute atomic E-state index is 13.4. The number of hydrogen-bond donors (Lipinski definition) is 0. The molecule has 93 valence electrons. The molecular formula is C12H6ClF2O2S. The summed E-state index contributed by atoms with van der Waals surface area (Å²) in [5.74, 6) is -1.99. The lowest BCUT2D eigenvalue weighted by Gasteiger charge is -2.05. The predicted molar refractivity (Wildman–Crippen MR) is 62.1 cm³/mol.